The summed E-state index contributed by atoms with van der Waals surface area (Å²) in [4.78, 5) is 19.3. The highest BCUT2D eigenvalue weighted by molar-refractivity contribution is 5.91. The summed E-state index contributed by atoms with van der Waals surface area (Å²) in [7, 11) is 0. The van der Waals surface area contributed by atoms with Crippen LogP contribution in [0.2, 0.25) is 0 Å². The van der Waals surface area contributed by atoms with Crippen LogP contribution in [0.15, 0.2) is 18.6 Å². The maximum atomic E-state index is 11.7. The third-order valence-corrected chi connectivity index (χ3v) is 2.43. The molecule has 5 nitrogen and oxygen atoms in total. The standard InChI is InChI=1S/C10H14N4O/c15-10(9-4-5-11-8-12-9)13-14-6-2-1-3-7-14/h4-5,8H,1-3,6-7H2,(H,13,15). The van der Waals surface area contributed by atoms with Crippen molar-refractivity contribution in [1.82, 2.24) is 20.4 Å². The van der Waals surface area contributed by atoms with E-state index in [9.17, 15) is 4.79 Å². The van der Waals surface area contributed by atoms with Gasteiger partial charge in [0.2, 0.25) is 0 Å². The first-order valence-corrected chi connectivity index (χ1v) is 5.18. The van der Waals surface area contributed by atoms with Crippen LogP contribution in [0.25, 0.3) is 0 Å². The molecule has 1 aliphatic rings. The minimum Gasteiger partial charge on any atom is -0.283 e. The zero-order valence-corrected chi connectivity index (χ0v) is 8.52. The lowest BCUT2D eigenvalue weighted by molar-refractivity contribution is 0.0744. The first-order valence-electron chi connectivity index (χ1n) is 5.18. The average molecular weight is 206 g/mol. The minimum atomic E-state index is -0.153. The van der Waals surface area contributed by atoms with E-state index in [1.807, 2.05) is 5.01 Å². The van der Waals surface area contributed by atoms with Gasteiger partial charge in [-0.2, -0.15) is 0 Å². The van der Waals surface area contributed by atoms with Crippen LogP contribution in [0.4, 0.5) is 0 Å². The second-order valence-corrected chi connectivity index (χ2v) is 3.58. The number of nitrogens with one attached hydrogen (secondary N) is 1. The van der Waals surface area contributed by atoms with Gasteiger partial charge in [-0.05, 0) is 18.9 Å². The first kappa shape index (κ1) is 10.0. The Morgan fingerprint density at radius 2 is 2.13 bits per heavy atom. The van der Waals surface area contributed by atoms with Gasteiger partial charge >= 0.3 is 0 Å². The molecular weight excluding hydrogens is 192 g/mol. The number of hydrazine groups is 1. The van der Waals surface area contributed by atoms with Gasteiger partial charge in [0.05, 0.1) is 0 Å². The smallest absolute Gasteiger partial charge is 0.283 e. The van der Waals surface area contributed by atoms with Gasteiger partial charge in [-0.1, -0.05) is 6.42 Å². The molecule has 0 saturated carbocycles. The van der Waals surface area contributed by atoms with E-state index >= 15 is 0 Å². The van der Waals surface area contributed by atoms with Crippen molar-refractivity contribution < 1.29 is 4.79 Å². The topological polar surface area (TPSA) is 58.1 Å². The van der Waals surface area contributed by atoms with E-state index in [0.717, 1.165) is 25.9 Å². The number of nitrogens with zero attached hydrogens (tertiary/aromatic N) is 3. The number of hydrogen-bond donors (Lipinski definition) is 1. The van der Waals surface area contributed by atoms with Crippen LogP contribution in [-0.2, 0) is 0 Å². The van der Waals surface area contributed by atoms with E-state index in [1.54, 1.807) is 12.3 Å². The number of hydrogen-bond acceptors (Lipinski definition) is 4. The van der Waals surface area contributed by atoms with Crippen LogP contribution in [0.3, 0.4) is 0 Å². The summed E-state index contributed by atoms with van der Waals surface area (Å²) in [6, 6.07) is 1.61. The summed E-state index contributed by atoms with van der Waals surface area (Å²) >= 11 is 0. The van der Waals surface area contributed by atoms with Gasteiger partial charge in [0.1, 0.15) is 12.0 Å². The van der Waals surface area contributed by atoms with E-state index in [-0.39, 0.29) is 5.91 Å². The van der Waals surface area contributed by atoms with E-state index < -0.39 is 0 Å². The predicted molar refractivity (Wildman–Crippen MR) is 54.9 cm³/mol. The van der Waals surface area contributed by atoms with Crippen LogP contribution in [0, 0.1) is 0 Å². The molecule has 0 aromatic carbocycles. The highest BCUT2D eigenvalue weighted by Gasteiger charge is 2.14. The molecule has 2 heterocycles. The molecule has 0 unspecified atom stereocenters. The molecule has 5 heteroatoms. The zero-order valence-electron chi connectivity index (χ0n) is 8.52. The molecule has 1 fully saturated rings. The van der Waals surface area contributed by atoms with Crippen molar-refractivity contribution in [3.8, 4) is 0 Å². The van der Waals surface area contributed by atoms with Crippen LogP contribution in [0.5, 0.6) is 0 Å². The second-order valence-electron chi connectivity index (χ2n) is 3.58. The summed E-state index contributed by atoms with van der Waals surface area (Å²) in [6.07, 6.45) is 6.48. The predicted octanol–water partition coefficient (Wildman–Crippen LogP) is 0.607. The molecule has 1 aromatic rings. The molecule has 0 radical (unpaired) electrons. The van der Waals surface area contributed by atoms with Crippen LogP contribution < -0.4 is 5.43 Å². The molecule has 1 amide bonds. The fraction of sp³-hybridized carbons (Fsp3) is 0.500. The molecule has 15 heavy (non-hydrogen) atoms. The van der Waals surface area contributed by atoms with Crippen LogP contribution in [-0.4, -0.2) is 34.0 Å². The molecule has 80 valence electrons. The summed E-state index contributed by atoms with van der Waals surface area (Å²) in [5, 5.41) is 1.95. The molecule has 0 aliphatic carbocycles. The van der Waals surface area contributed by atoms with Crippen molar-refractivity contribution in [3.05, 3.63) is 24.3 Å². The molecule has 0 bridgehead atoms. The molecule has 1 aromatic heterocycles. The maximum Gasteiger partial charge on any atom is 0.284 e. The van der Waals surface area contributed by atoms with Gasteiger partial charge < -0.3 is 0 Å². The number of rotatable bonds is 2. The molecule has 1 N–H and O–H groups in total. The fourth-order valence-electron chi connectivity index (χ4n) is 1.63. The van der Waals surface area contributed by atoms with Gasteiger partial charge in [-0.25, -0.2) is 15.0 Å². The van der Waals surface area contributed by atoms with E-state index in [2.05, 4.69) is 15.4 Å². The van der Waals surface area contributed by atoms with Gasteiger partial charge in [-0.15, -0.1) is 0 Å². The van der Waals surface area contributed by atoms with Gasteiger partial charge in [0.15, 0.2) is 0 Å². The lowest BCUT2D eigenvalue weighted by atomic mass is 10.2. The maximum absolute atomic E-state index is 11.7. The average Bonchev–Trinajstić information content (AvgIpc) is 2.31. The third kappa shape index (κ3) is 2.73. The normalized spacial score (nSPS) is 17.3. The molecule has 2 rings (SSSR count). The van der Waals surface area contributed by atoms with Crippen LogP contribution in [0.1, 0.15) is 29.8 Å². The lowest BCUT2D eigenvalue weighted by Gasteiger charge is -2.26. The Bertz CT molecular complexity index is 321. The molecular formula is C10H14N4O. The van der Waals surface area contributed by atoms with E-state index in [1.165, 1.54) is 12.7 Å². The van der Waals surface area contributed by atoms with Crippen molar-refractivity contribution in [3.63, 3.8) is 0 Å². The van der Waals surface area contributed by atoms with Gasteiger partial charge in [-0.3, -0.25) is 10.2 Å². The monoisotopic (exact) mass is 206 g/mol. The highest BCUT2D eigenvalue weighted by Crippen LogP contribution is 2.06. The SMILES string of the molecule is O=C(NN1CCCCC1)c1ccncn1. The molecule has 0 spiro atoms. The highest BCUT2D eigenvalue weighted by atomic mass is 16.2. The van der Waals surface area contributed by atoms with Gasteiger partial charge in [0.25, 0.3) is 5.91 Å². The summed E-state index contributed by atoms with van der Waals surface area (Å²) < 4.78 is 0. The van der Waals surface area contributed by atoms with Crippen molar-refractivity contribution in [2.24, 2.45) is 0 Å². The van der Waals surface area contributed by atoms with Crippen LogP contribution >= 0.6 is 0 Å². The van der Waals surface area contributed by atoms with E-state index in [0.29, 0.717) is 5.69 Å². The molecule has 1 aliphatic heterocycles. The Morgan fingerprint density at radius 3 is 2.80 bits per heavy atom. The molecule has 0 atom stereocenters. The lowest BCUT2D eigenvalue weighted by Crippen LogP contribution is -2.45. The second kappa shape index (κ2) is 4.84. The van der Waals surface area contributed by atoms with Crippen molar-refractivity contribution >= 4 is 5.91 Å². The summed E-state index contributed by atoms with van der Waals surface area (Å²) in [5.74, 6) is -0.153. The van der Waals surface area contributed by atoms with Gasteiger partial charge in [0, 0.05) is 19.3 Å². The Balaban J connectivity index is 1.91. The quantitative estimate of drug-likeness (QED) is 0.770. The largest absolute Gasteiger partial charge is 0.284 e. The Hall–Kier alpha value is -1.49. The third-order valence-electron chi connectivity index (χ3n) is 2.43. The number of carbonyl (C=O) groups is 1. The summed E-state index contributed by atoms with van der Waals surface area (Å²) in [6.45, 7) is 1.85. The molecule has 1 saturated heterocycles. The number of carbonyl (C=O) groups excluding carboxylic acids is 1. The number of amides is 1. The van der Waals surface area contributed by atoms with E-state index in [4.69, 9.17) is 0 Å². The minimum absolute atomic E-state index is 0.153. The zero-order chi connectivity index (χ0) is 10.5. The Morgan fingerprint density at radius 1 is 1.33 bits per heavy atom. The Kier molecular flexibility index (Phi) is 3.24. The first-order chi connectivity index (χ1) is 7.36. The Labute approximate surface area is 88.5 Å². The van der Waals surface area contributed by atoms with Crippen molar-refractivity contribution in [1.29, 1.82) is 0 Å². The number of piperidine rings is 1. The number of aromatic nitrogens is 2. The van der Waals surface area contributed by atoms with Crippen molar-refractivity contribution in [2.45, 2.75) is 19.3 Å². The fourth-order valence-corrected chi connectivity index (χ4v) is 1.63. The summed E-state index contributed by atoms with van der Waals surface area (Å²) in [5.41, 5.74) is 3.25. The van der Waals surface area contributed by atoms with Crippen molar-refractivity contribution in [2.75, 3.05) is 13.1 Å².